The molecule has 1 heterocycles. The second-order valence-corrected chi connectivity index (χ2v) is 3.60. The zero-order valence-electron chi connectivity index (χ0n) is 6.89. The maximum absolute atomic E-state index is 11.4. The minimum absolute atomic E-state index is 0.216. The van der Waals surface area contributed by atoms with E-state index in [9.17, 15) is 4.79 Å². The first-order chi connectivity index (χ1) is 5.25. The first-order valence-electron chi connectivity index (χ1n) is 4.22. The lowest BCUT2D eigenvalue weighted by atomic mass is 10.2. The zero-order valence-corrected chi connectivity index (χ0v) is 6.89. The molecule has 0 unspecified atom stereocenters. The van der Waals surface area contributed by atoms with Gasteiger partial charge in [0, 0.05) is 26.6 Å². The van der Waals surface area contributed by atoms with Gasteiger partial charge in [-0.25, -0.2) is 0 Å². The maximum Gasteiger partial charge on any atom is 0.224 e. The van der Waals surface area contributed by atoms with Gasteiger partial charge in [0.05, 0.1) is 5.54 Å². The molecule has 2 aliphatic rings. The van der Waals surface area contributed by atoms with Crippen LogP contribution in [0.5, 0.6) is 0 Å². The highest BCUT2D eigenvalue weighted by Crippen LogP contribution is 2.41. The second kappa shape index (κ2) is 2.21. The molecule has 1 aliphatic heterocycles. The molecule has 2 rings (SSSR count). The van der Waals surface area contributed by atoms with E-state index in [-0.39, 0.29) is 5.54 Å². The molecule has 1 saturated heterocycles. The van der Waals surface area contributed by atoms with Gasteiger partial charge in [0.15, 0.2) is 0 Å². The van der Waals surface area contributed by atoms with Crippen molar-refractivity contribution in [2.24, 2.45) is 0 Å². The fraction of sp³-hybridized carbons (Fsp3) is 0.875. The average Bonchev–Trinajstić information content (AvgIpc) is 2.77. The minimum Gasteiger partial charge on any atom is -0.339 e. The Kier molecular flexibility index (Phi) is 1.42. The molecule has 0 aromatic carbocycles. The number of rotatable bonds is 0. The van der Waals surface area contributed by atoms with Crippen LogP contribution in [0.3, 0.4) is 0 Å². The summed E-state index contributed by atoms with van der Waals surface area (Å²) >= 11 is 0. The van der Waals surface area contributed by atoms with E-state index < -0.39 is 0 Å². The quantitative estimate of drug-likeness (QED) is 0.531. The summed E-state index contributed by atoms with van der Waals surface area (Å²) in [6.45, 7) is 1.85. The summed E-state index contributed by atoms with van der Waals surface area (Å²) in [6, 6.07) is 0. The first-order valence-corrected chi connectivity index (χ1v) is 4.22. The van der Waals surface area contributed by atoms with Crippen molar-refractivity contribution in [3.63, 3.8) is 0 Å². The lowest BCUT2D eigenvalue weighted by Crippen LogP contribution is -2.41. The summed E-state index contributed by atoms with van der Waals surface area (Å²) in [4.78, 5) is 13.3. The van der Waals surface area contributed by atoms with Crippen LogP contribution in [-0.2, 0) is 4.79 Å². The Morgan fingerprint density at radius 1 is 1.55 bits per heavy atom. The van der Waals surface area contributed by atoms with E-state index in [2.05, 4.69) is 5.32 Å². The minimum atomic E-state index is 0.216. The van der Waals surface area contributed by atoms with Gasteiger partial charge in [-0.15, -0.1) is 0 Å². The Hall–Kier alpha value is -0.570. The summed E-state index contributed by atoms with van der Waals surface area (Å²) in [5.41, 5.74) is 0.216. The van der Waals surface area contributed by atoms with Crippen LogP contribution in [0, 0.1) is 0 Å². The van der Waals surface area contributed by atoms with Crippen LogP contribution in [0.25, 0.3) is 0 Å². The van der Waals surface area contributed by atoms with Crippen LogP contribution in [0.2, 0.25) is 0 Å². The van der Waals surface area contributed by atoms with Gasteiger partial charge in [-0.1, -0.05) is 0 Å². The van der Waals surface area contributed by atoms with E-state index in [1.807, 2.05) is 11.9 Å². The molecule has 0 bridgehead atoms. The van der Waals surface area contributed by atoms with Gasteiger partial charge in [0.2, 0.25) is 5.91 Å². The summed E-state index contributed by atoms with van der Waals surface area (Å²) in [7, 11) is 1.93. The van der Waals surface area contributed by atoms with E-state index in [1.54, 1.807) is 0 Å². The third-order valence-electron chi connectivity index (χ3n) is 2.88. The third kappa shape index (κ3) is 1.03. The van der Waals surface area contributed by atoms with Crippen molar-refractivity contribution in [1.82, 2.24) is 10.2 Å². The zero-order chi connectivity index (χ0) is 7.90. The Morgan fingerprint density at radius 3 is 2.91 bits per heavy atom. The van der Waals surface area contributed by atoms with Gasteiger partial charge in [-0.05, 0) is 12.8 Å². The molecule has 1 N–H and O–H groups in total. The second-order valence-electron chi connectivity index (χ2n) is 3.60. The van der Waals surface area contributed by atoms with Crippen LogP contribution >= 0.6 is 0 Å². The van der Waals surface area contributed by atoms with Gasteiger partial charge in [0.1, 0.15) is 0 Å². The van der Waals surface area contributed by atoms with E-state index in [0.29, 0.717) is 12.3 Å². The van der Waals surface area contributed by atoms with Gasteiger partial charge >= 0.3 is 0 Å². The van der Waals surface area contributed by atoms with Gasteiger partial charge in [-0.3, -0.25) is 4.79 Å². The standard InChI is InChI=1S/C8H14N2O/c1-10-7(11)2-5-9-6-8(10)3-4-8/h9H,2-6H2,1H3. The Morgan fingerprint density at radius 2 is 2.27 bits per heavy atom. The SMILES string of the molecule is CN1C(=O)CCNCC12CC2. The molecule has 1 amide bonds. The Labute approximate surface area is 66.8 Å². The number of nitrogens with one attached hydrogen (secondary N) is 1. The molecule has 62 valence electrons. The van der Waals surface area contributed by atoms with E-state index in [0.717, 1.165) is 13.1 Å². The molecule has 11 heavy (non-hydrogen) atoms. The molecule has 0 aromatic rings. The van der Waals surface area contributed by atoms with E-state index in [1.165, 1.54) is 12.8 Å². The lowest BCUT2D eigenvalue weighted by molar-refractivity contribution is -0.131. The van der Waals surface area contributed by atoms with Gasteiger partial charge in [-0.2, -0.15) is 0 Å². The predicted octanol–water partition coefficient (Wildman–Crippen LogP) is -0.0293. The summed E-state index contributed by atoms with van der Waals surface area (Å²) < 4.78 is 0. The number of carbonyl (C=O) groups is 1. The monoisotopic (exact) mass is 154 g/mol. The van der Waals surface area contributed by atoms with Gasteiger partial charge < -0.3 is 10.2 Å². The molecule has 1 aliphatic carbocycles. The molecular weight excluding hydrogens is 140 g/mol. The van der Waals surface area contributed by atoms with Crippen molar-refractivity contribution in [1.29, 1.82) is 0 Å². The summed E-state index contributed by atoms with van der Waals surface area (Å²) in [6.07, 6.45) is 3.03. The molecular formula is C8H14N2O. The topological polar surface area (TPSA) is 32.3 Å². The van der Waals surface area contributed by atoms with Crippen molar-refractivity contribution in [2.45, 2.75) is 24.8 Å². The van der Waals surface area contributed by atoms with Crippen molar-refractivity contribution in [3.8, 4) is 0 Å². The maximum atomic E-state index is 11.4. The number of nitrogens with zero attached hydrogens (tertiary/aromatic N) is 1. The smallest absolute Gasteiger partial charge is 0.224 e. The van der Waals surface area contributed by atoms with Crippen LogP contribution < -0.4 is 5.32 Å². The van der Waals surface area contributed by atoms with Gasteiger partial charge in [0.25, 0.3) is 0 Å². The van der Waals surface area contributed by atoms with Crippen molar-refractivity contribution >= 4 is 5.91 Å². The summed E-state index contributed by atoms with van der Waals surface area (Å²) in [5.74, 6) is 0.299. The Bertz CT molecular complexity index is 187. The molecule has 3 heteroatoms. The number of carbonyl (C=O) groups excluding carboxylic acids is 1. The van der Waals surface area contributed by atoms with Crippen LogP contribution in [0.15, 0.2) is 0 Å². The van der Waals surface area contributed by atoms with Crippen LogP contribution in [0.1, 0.15) is 19.3 Å². The first kappa shape index (κ1) is 7.10. The highest BCUT2D eigenvalue weighted by atomic mass is 16.2. The van der Waals surface area contributed by atoms with Crippen molar-refractivity contribution in [2.75, 3.05) is 20.1 Å². The highest BCUT2D eigenvalue weighted by Gasteiger charge is 2.48. The largest absolute Gasteiger partial charge is 0.339 e. The average molecular weight is 154 g/mol. The van der Waals surface area contributed by atoms with Crippen molar-refractivity contribution in [3.05, 3.63) is 0 Å². The molecule has 2 fully saturated rings. The van der Waals surface area contributed by atoms with E-state index >= 15 is 0 Å². The highest BCUT2D eigenvalue weighted by molar-refractivity contribution is 5.77. The third-order valence-corrected chi connectivity index (χ3v) is 2.88. The number of likely N-dealkylation sites (N-methyl/N-ethyl adjacent to an activating group) is 1. The Balaban J connectivity index is 2.14. The van der Waals surface area contributed by atoms with Crippen LogP contribution in [0.4, 0.5) is 0 Å². The number of hydrogen-bond donors (Lipinski definition) is 1. The molecule has 0 radical (unpaired) electrons. The predicted molar refractivity (Wildman–Crippen MR) is 42.2 cm³/mol. The molecule has 1 saturated carbocycles. The number of amides is 1. The number of hydrogen-bond acceptors (Lipinski definition) is 2. The fourth-order valence-corrected chi connectivity index (χ4v) is 1.72. The van der Waals surface area contributed by atoms with Crippen molar-refractivity contribution < 1.29 is 4.79 Å². The summed E-state index contributed by atoms with van der Waals surface area (Å²) in [5, 5.41) is 3.30. The molecule has 3 nitrogen and oxygen atoms in total. The molecule has 0 atom stereocenters. The fourth-order valence-electron chi connectivity index (χ4n) is 1.72. The molecule has 0 aromatic heterocycles. The molecule has 1 spiro atoms. The normalized spacial score (nSPS) is 28.8. The lowest BCUT2D eigenvalue weighted by Gasteiger charge is -2.25. The van der Waals surface area contributed by atoms with E-state index in [4.69, 9.17) is 0 Å². The van der Waals surface area contributed by atoms with Crippen LogP contribution in [-0.4, -0.2) is 36.5 Å².